The summed E-state index contributed by atoms with van der Waals surface area (Å²) >= 11 is 0. The van der Waals surface area contributed by atoms with E-state index in [9.17, 15) is 10.1 Å². The van der Waals surface area contributed by atoms with Crippen molar-refractivity contribution >= 4 is 5.69 Å². The smallest absolute Gasteiger partial charge is 0.310 e. The molecule has 0 unspecified atom stereocenters. The molecule has 0 aromatic heterocycles. The molecule has 0 N–H and O–H groups in total. The Balaban J connectivity index is 3.20. The molecule has 0 atom stereocenters. The molecule has 0 amide bonds. The summed E-state index contributed by atoms with van der Waals surface area (Å²) in [6, 6.07) is 4.47. The van der Waals surface area contributed by atoms with Crippen LogP contribution in [0.15, 0.2) is 18.2 Å². The van der Waals surface area contributed by atoms with E-state index in [0.717, 1.165) is 0 Å². The summed E-state index contributed by atoms with van der Waals surface area (Å²) in [6.45, 7) is 3.63. The van der Waals surface area contributed by atoms with Crippen LogP contribution in [0, 0.1) is 17.0 Å². The van der Waals surface area contributed by atoms with E-state index < -0.39 is 4.92 Å². The molecule has 4 nitrogen and oxygen atoms in total. The summed E-state index contributed by atoms with van der Waals surface area (Å²) in [5, 5.41) is 10.4. The van der Waals surface area contributed by atoms with Gasteiger partial charge in [0.15, 0.2) is 5.75 Å². The number of ether oxygens (including phenoxy) is 1. The average Bonchev–Trinajstić information content (AvgIpc) is 2.03. The number of nitrogens with zero attached hydrogens (tertiary/aromatic N) is 1. The minimum atomic E-state index is -0.488. The van der Waals surface area contributed by atoms with Gasteiger partial charge in [-0.05, 0) is 18.6 Å². The van der Waals surface area contributed by atoms with Gasteiger partial charge in [-0.25, -0.2) is 0 Å². The molecule has 1 aromatic carbocycles. The van der Waals surface area contributed by atoms with Crippen LogP contribution in [0.3, 0.4) is 0 Å². The van der Waals surface area contributed by atoms with E-state index >= 15 is 0 Å². The van der Waals surface area contributed by atoms with Crippen molar-refractivity contribution < 1.29 is 9.66 Å². The van der Waals surface area contributed by atoms with Crippen molar-refractivity contribution in [2.45, 2.75) is 0 Å². The highest BCUT2D eigenvalue weighted by Crippen LogP contribution is 2.26. The van der Waals surface area contributed by atoms with Crippen molar-refractivity contribution in [1.29, 1.82) is 0 Å². The van der Waals surface area contributed by atoms with Crippen LogP contribution in [0.2, 0.25) is 0 Å². The van der Waals surface area contributed by atoms with Crippen LogP contribution in [0.25, 0.3) is 0 Å². The van der Waals surface area contributed by atoms with E-state index in [4.69, 9.17) is 4.74 Å². The molecule has 0 heterocycles. The third-order valence-corrected chi connectivity index (χ3v) is 1.44. The van der Waals surface area contributed by atoms with Crippen LogP contribution in [0.1, 0.15) is 5.56 Å². The molecular formula is C8H8NO3. The van der Waals surface area contributed by atoms with Crippen molar-refractivity contribution in [1.82, 2.24) is 0 Å². The predicted molar refractivity (Wildman–Crippen MR) is 44.1 cm³/mol. The molecule has 4 heteroatoms. The Hall–Kier alpha value is -1.58. The number of hydrogen-bond donors (Lipinski definition) is 0. The van der Waals surface area contributed by atoms with Crippen molar-refractivity contribution in [3.8, 4) is 5.75 Å². The van der Waals surface area contributed by atoms with Gasteiger partial charge in [-0.3, -0.25) is 10.1 Å². The van der Waals surface area contributed by atoms with Gasteiger partial charge >= 0.3 is 5.69 Å². The molecule has 0 saturated carbocycles. The lowest BCUT2D eigenvalue weighted by molar-refractivity contribution is -0.385. The van der Waals surface area contributed by atoms with Gasteiger partial charge in [-0.2, -0.15) is 0 Å². The van der Waals surface area contributed by atoms with E-state index in [1.165, 1.54) is 19.2 Å². The van der Waals surface area contributed by atoms with Gasteiger partial charge in [0.2, 0.25) is 0 Å². The minimum Gasteiger partial charge on any atom is -0.490 e. The van der Waals surface area contributed by atoms with Gasteiger partial charge in [-0.1, -0.05) is 6.07 Å². The van der Waals surface area contributed by atoms with Gasteiger partial charge in [0.1, 0.15) is 0 Å². The SMILES string of the molecule is [CH2]c1ccc([N+](=O)[O-])c(OC)c1. The summed E-state index contributed by atoms with van der Waals surface area (Å²) < 4.78 is 4.81. The average molecular weight is 166 g/mol. The molecule has 1 rings (SSSR count). The first-order valence-corrected chi connectivity index (χ1v) is 3.29. The Labute approximate surface area is 69.9 Å². The highest BCUT2D eigenvalue weighted by molar-refractivity contribution is 5.48. The Morgan fingerprint density at radius 2 is 2.25 bits per heavy atom. The number of benzene rings is 1. The number of nitro groups is 1. The lowest BCUT2D eigenvalue weighted by Gasteiger charge is -2.01. The molecule has 0 saturated heterocycles. The van der Waals surface area contributed by atoms with Crippen LogP contribution in [0.4, 0.5) is 5.69 Å². The molecule has 0 fully saturated rings. The van der Waals surface area contributed by atoms with Crippen LogP contribution in [-0.4, -0.2) is 12.0 Å². The van der Waals surface area contributed by atoms with E-state index in [1.807, 2.05) is 0 Å². The number of nitro benzene ring substituents is 1. The van der Waals surface area contributed by atoms with E-state index in [-0.39, 0.29) is 11.4 Å². The minimum absolute atomic E-state index is 0.0371. The third-order valence-electron chi connectivity index (χ3n) is 1.44. The fraction of sp³-hybridized carbons (Fsp3) is 0.125. The molecule has 0 aliphatic rings. The molecule has 0 bridgehead atoms. The second-order valence-corrected chi connectivity index (χ2v) is 2.26. The first-order chi connectivity index (χ1) is 5.65. The lowest BCUT2D eigenvalue weighted by Crippen LogP contribution is -1.93. The fourth-order valence-corrected chi connectivity index (χ4v) is 0.873. The first-order valence-electron chi connectivity index (χ1n) is 3.29. The van der Waals surface area contributed by atoms with Gasteiger partial charge in [0.05, 0.1) is 12.0 Å². The molecule has 0 spiro atoms. The van der Waals surface area contributed by atoms with Gasteiger partial charge in [-0.15, -0.1) is 0 Å². The zero-order valence-corrected chi connectivity index (χ0v) is 6.61. The van der Waals surface area contributed by atoms with Crippen LogP contribution >= 0.6 is 0 Å². The number of hydrogen-bond acceptors (Lipinski definition) is 3. The zero-order chi connectivity index (χ0) is 9.14. The largest absolute Gasteiger partial charge is 0.490 e. The summed E-state index contributed by atoms with van der Waals surface area (Å²) in [6.07, 6.45) is 0. The lowest BCUT2D eigenvalue weighted by atomic mass is 10.2. The molecule has 12 heavy (non-hydrogen) atoms. The number of rotatable bonds is 2. The van der Waals surface area contributed by atoms with Crippen molar-refractivity contribution in [2.24, 2.45) is 0 Å². The summed E-state index contributed by atoms with van der Waals surface area (Å²) in [7, 11) is 1.39. The van der Waals surface area contributed by atoms with E-state index in [2.05, 4.69) is 6.92 Å². The van der Waals surface area contributed by atoms with Crippen LogP contribution < -0.4 is 4.74 Å². The monoisotopic (exact) mass is 166 g/mol. The van der Waals surface area contributed by atoms with Crippen LogP contribution in [0.5, 0.6) is 5.75 Å². The van der Waals surface area contributed by atoms with Crippen molar-refractivity contribution in [2.75, 3.05) is 7.11 Å². The van der Waals surface area contributed by atoms with Gasteiger partial charge < -0.3 is 4.74 Å². The summed E-state index contributed by atoms with van der Waals surface area (Å²) in [5.41, 5.74) is 0.655. The zero-order valence-electron chi connectivity index (χ0n) is 6.61. The normalized spacial score (nSPS) is 9.50. The van der Waals surface area contributed by atoms with E-state index in [1.54, 1.807) is 6.07 Å². The molecule has 0 aliphatic heterocycles. The van der Waals surface area contributed by atoms with Crippen LogP contribution in [-0.2, 0) is 0 Å². The Morgan fingerprint density at radius 1 is 1.58 bits per heavy atom. The van der Waals surface area contributed by atoms with E-state index in [0.29, 0.717) is 5.56 Å². The summed E-state index contributed by atoms with van der Waals surface area (Å²) in [4.78, 5) is 9.91. The Morgan fingerprint density at radius 3 is 2.75 bits per heavy atom. The Bertz CT molecular complexity index is 309. The second-order valence-electron chi connectivity index (χ2n) is 2.26. The van der Waals surface area contributed by atoms with Gasteiger partial charge in [0.25, 0.3) is 0 Å². The quantitative estimate of drug-likeness (QED) is 0.497. The second kappa shape index (κ2) is 3.21. The molecule has 1 radical (unpaired) electrons. The Kier molecular flexibility index (Phi) is 2.28. The standard InChI is InChI=1S/C8H8NO3/c1-6-3-4-7(9(10)11)8(5-6)12-2/h3-5H,1H2,2H3. The molecule has 1 aromatic rings. The highest BCUT2D eigenvalue weighted by atomic mass is 16.6. The highest BCUT2D eigenvalue weighted by Gasteiger charge is 2.12. The molecule has 63 valence electrons. The maximum Gasteiger partial charge on any atom is 0.310 e. The third kappa shape index (κ3) is 1.53. The van der Waals surface area contributed by atoms with Crippen molar-refractivity contribution in [3.05, 3.63) is 40.8 Å². The number of methoxy groups -OCH3 is 1. The maximum absolute atomic E-state index is 10.4. The van der Waals surface area contributed by atoms with Gasteiger partial charge in [0, 0.05) is 6.07 Å². The fourth-order valence-electron chi connectivity index (χ4n) is 0.873. The topological polar surface area (TPSA) is 52.4 Å². The maximum atomic E-state index is 10.4. The molecule has 0 aliphatic carbocycles. The summed E-state index contributed by atoms with van der Waals surface area (Å²) in [5.74, 6) is 0.243. The molecular weight excluding hydrogens is 158 g/mol. The first kappa shape index (κ1) is 8.52. The predicted octanol–water partition coefficient (Wildman–Crippen LogP) is 1.79. The van der Waals surface area contributed by atoms with Crippen molar-refractivity contribution in [3.63, 3.8) is 0 Å².